The van der Waals surface area contributed by atoms with Gasteiger partial charge in [-0.1, -0.05) is 78.1 Å². The second-order valence-corrected chi connectivity index (χ2v) is 14.0. The zero-order chi connectivity index (χ0) is 33.6. The molecule has 4 unspecified atom stereocenters. The number of benzene rings is 2. The summed E-state index contributed by atoms with van der Waals surface area (Å²) in [5, 5.41) is 0. The fourth-order valence-corrected chi connectivity index (χ4v) is 6.51. The molecule has 3 saturated heterocycles. The van der Waals surface area contributed by atoms with E-state index in [-0.39, 0.29) is 24.3 Å². The molecule has 8 nitrogen and oxygen atoms in total. The summed E-state index contributed by atoms with van der Waals surface area (Å²) in [5.74, 6) is 3.51. The molecule has 2 aromatic rings. The summed E-state index contributed by atoms with van der Waals surface area (Å²) in [7, 11) is 0. The lowest BCUT2D eigenvalue weighted by molar-refractivity contribution is 0.259. The Balaban J connectivity index is 1.25. The number of hydrogen-bond donors (Lipinski definition) is 0. The molecular formula is C40H62N2O6. The Morgan fingerprint density at radius 1 is 0.562 bits per heavy atom. The van der Waals surface area contributed by atoms with Gasteiger partial charge < -0.3 is 38.2 Å². The van der Waals surface area contributed by atoms with E-state index in [1.807, 2.05) is 0 Å². The molecule has 3 heterocycles. The summed E-state index contributed by atoms with van der Waals surface area (Å²) >= 11 is 0. The van der Waals surface area contributed by atoms with E-state index in [1.165, 1.54) is 64.2 Å². The van der Waals surface area contributed by atoms with Crippen molar-refractivity contribution in [3.05, 3.63) is 36.4 Å². The van der Waals surface area contributed by atoms with Crippen molar-refractivity contribution in [3.8, 4) is 23.0 Å². The van der Waals surface area contributed by atoms with E-state index < -0.39 is 0 Å². The number of piperazine rings is 1. The third-order valence-corrected chi connectivity index (χ3v) is 9.65. The van der Waals surface area contributed by atoms with Gasteiger partial charge in [-0.2, -0.15) is 0 Å². The molecule has 3 aliphatic heterocycles. The van der Waals surface area contributed by atoms with Crippen LogP contribution in [0.2, 0.25) is 0 Å². The van der Waals surface area contributed by atoms with Crippen molar-refractivity contribution in [3.63, 3.8) is 0 Å². The van der Waals surface area contributed by atoms with E-state index >= 15 is 0 Å². The Kier molecular flexibility index (Phi) is 14.7. The van der Waals surface area contributed by atoms with Crippen LogP contribution in [0.5, 0.6) is 23.0 Å². The van der Waals surface area contributed by atoms with Gasteiger partial charge in [-0.3, -0.25) is 0 Å². The predicted octanol–water partition coefficient (Wildman–Crippen LogP) is 8.82. The Labute approximate surface area is 290 Å². The number of hydrogen-bond acceptors (Lipinski definition) is 8. The van der Waals surface area contributed by atoms with E-state index in [1.54, 1.807) is 0 Å². The van der Waals surface area contributed by atoms with Crippen molar-refractivity contribution in [2.45, 2.75) is 129 Å². The maximum absolute atomic E-state index is 6.51. The van der Waals surface area contributed by atoms with Crippen LogP contribution in [-0.2, 0) is 9.47 Å². The number of anilines is 2. The zero-order valence-corrected chi connectivity index (χ0v) is 30.3. The summed E-state index contributed by atoms with van der Waals surface area (Å²) in [6.45, 7) is 15.1. The zero-order valence-electron chi connectivity index (χ0n) is 30.3. The Morgan fingerprint density at radius 2 is 0.958 bits per heavy atom. The smallest absolute Gasteiger partial charge is 0.146 e. The fourth-order valence-electron chi connectivity index (χ4n) is 6.51. The monoisotopic (exact) mass is 666 g/mol. The Morgan fingerprint density at radius 3 is 1.35 bits per heavy atom. The van der Waals surface area contributed by atoms with E-state index in [0.29, 0.717) is 13.2 Å². The summed E-state index contributed by atoms with van der Waals surface area (Å²) < 4.78 is 35.9. The highest BCUT2D eigenvalue weighted by molar-refractivity contribution is 5.66. The summed E-state index contributed by atoms with van der Waals surface area (Å²) in [5.41, 5.74) is 2.28. The molecule has 0 spiro atoms. The first-order chi connectivity index (χ1) is 23.6. The molecule has 4 atom stereocenters. The van der Waals surface area contributed by atoms with Gasteiger partial charge in [0.15, 0.2) is 0 Å². The van der Waals surface area contributed by atoms with E-state index in [4.69, 9.17) is 28.4 Å². The van der Waals surface area contributed by atoms with Crippen molar-refractivity contribution >= 4 is 11.4 Å². The van der Waals surface area contributed by atoms with Gasteiger partial charge in [0.1, 0.15) is 48.4 Å². The highest BCUT2D eigenvalue weighted by Gasteiger charge is 2.33. The molecule has 0 saturated carbocycles. The van der Waals surface area contributed by atoms with Crippen LogP contribution in [0.15, 0.2) is 36.4 Å². The van der Waals surface area contributed by atoms with Crippen LogP contribution in [0, 0.1) is 0 Å². The number of nitrogens with zero attached hydrogens (tertiary/aromatic N) is 2. The summed E-state index contributed by atoms with van der Waals surface area (Å²) in [6, 6.07) is 13.2. The van der Waals surface area contributed by atoms with Crippen molar-refractivity contribution in [1.82, 2.24) is 0 Å². The average Bonchev–Trinajstić information content (AvgIpc) is 4.03. The van der Waals surface area contributed by atoms with Crippen LogP contribution in [0.25, 0.3) is 0 Å². The van der Waals surface area contributed by atoms with Crippen molar-refractivity contribution in [2.75, 3.05) is 62.5 Å². The van der Waals surface area contributed by atoms with Gasteiger partial charge in [-0.15, -0.1) is 0 Å². The van der Waals surface area contributed by atoms with Crippen LogP contribution in [-0.4, -0.2) is 77.0 Å². The molecule has 2 aromatic carbocycles. The fraction of sp³-hybridized carbons (Fsp3) is 0.700. The minimum Gasteiger partial charge on any atom is -0.491 e. The molecule has 0 radical (unpaired) electrons. The summed E-state index contributed by atoms with van der Waals surface area (Å²) in [6.07, 6.45) is 15.3. The highest BCUT2D eigenvalue weighted by atomic mass is 16.6. The second-order valence-electron chi connectivity index (χ2n) is 14.0. The molecule has 3 aliphatic rings. The molecular weight excluding hydrogens is 604 g/mol. The lowest BCUT2D eigenvalue weighted by atomic mass is 10.0. The van der Waals surface area contributed by atoms with E-state index in [2.05, 4.69) is 73.9 Å². The molecule has 5 rings (SSSR count). The first kappa shape index (κ1) is 36.4. The van der Waals surface area contributed by atoms with Crippen LogP contribution in [0.1, 0.15) is 105 Å². The van der Waals surface area contributed by atoms with Crippen molar-refractivity contribution in [2.24, 2.45) is 0 Å². The van der Waals surface area contributed by atoms with Gasteiger partial charge in [0.2, 0.25) is 0 Å². The minimum absolute atomic E-state index is 0.221. The van der Waals surface area contributed by atoms with Crippen LogP contribution >= 0.6 is 0 Å². The van der Waals surface area contributed by atoms with Gasteiger partial charge in [0, 0.05) is 37.3 Å². The standard InChI is InChI=1S/C40H62N2O6/c1-5-7-9-11-13-15-21-43-39-23-33(45-27-35-29-47-35)17-19-37(39)41-25-32(4)42(26-31(41)3)38-20-18-34(46-28-36-30-48-36)24-40(38)44-22-16-14-12-10-8-6-2/h17-20,23-24,31-32,35-36H,5-16,21-22,25-30H2,1-4H3. The quantitative estimate of drug-likeness (QED) is 0.0814. The molecule has 0 amide bonds. The largest absolute Gasteiger partial charge is 0.491 e. The van der Waals surface area contributed by atoms with E-state index in [0.717, 1.165) is 86.7 Å². The third kappa shape index (κ3) is 11.6. The molecule has 3 fully saturated rings. The van der Waals surface area contributed by atoms with Gasteiger partial charge in [0.05, 0.1) is 37.8 Å². The molecule has 0 bridgehead atoms. The van der Waals surface area contributed by atoms with E-state index in [9.17, 15) is 0 Å². The predicted molar refractivity (Wildman–Crippen MR) is 195 cm³/mol. The van der Waals surface area contributed by atoms with Gasteiger partial charge in [-0.25, -0.2) is 0 Å². The molecule has 0 aliphatic carbocycles. The van der Waals surface area contributed by atoms with Gasteiger partial charge in [0.25, 0.3) is 0 Å². The van der Waals surface area contributed by atoms with Crippen molar-refractivity contribution < 1.29 is 28.4 Å². The first-order valence-electron chi connectivity index (χ1n) is 19.1. The average molecular weight is 667 g/mol. The SMILES string of the molecule is CCCCCCCCOc1cc(OCC2CO2)ccc1N1CC(C)N(c2ccc(OCC3CO3)cc2OCCCCCCCC)CC1C. The topological polar surface area (TPSA) is 68.5 Å². The van der Waals surface area contributed by atoms with Crippen LogP contribution in [0.3, 0.4) is 0 Å². The van der Waals surface area contributed by atoms with Gasteiger partial charge >= 0.3 is 0 Å². The maximum atomic E-state index is 6.51. The lowest BCUT2D eigenvalue weighted by Gasteiger charge is -2.47. The third-order valence-electron chi connectivity index (χ3n) is 9.65. The molecule has 0 aromatic heterocycles. The summed E-state index contributed by atoms with van der Waals surface area (Å²) in [4.78, 5) is 5.02. The van der Waals surface area contributed by atoms with Gasteiger partial charge in [-0.05, 0) is 51.0 Å². The van der Waals surface area contributed by atoms with Crippen LogP contribution < -0.4 is 28.7 Å². The highest BCUT2D eigenvalue weighted by Crippen LogP contribution is 2.40. The molecule has 8 heteroatoms. The molecule has 48 heavy (non-hydrogen) atoms. The normalized spacial score (nSPS) is 21.7. The number of ether oxygens (including phenoxy) is 6. The van der Waals surface area contributed by atoms with Crippen molar-refractivity contribution in [1.29, 1.82) is 0 Å². The number of rotatable bonds is 24. The second kappa shape index (κ2) is 19.4. The molecule has 0 N–H and O–H groups in total. The number of unbranched alkanes of at least 4 members (excludes halogenated alkanes) is 10. The Hall–Kier alpha value is -2.84. The molecule has 268 valence electrons. The minimum atomic E-state index is 0.221. The van der Waals surface area contributed by atoms with Crippen LogP contribution in [0.4, 0.5) is 11.4 Å². The maximum Gasteiger partial charge on any atom is 0.146 e. The lowest BCUT2D eigenvalue weighted by Crippen LogP contribution is -2.57. The Bertz CT molecular complexity index is 1120. The first-order valence-corrected chi connectivity index (χ1v) is 19.1. The number of epoxide rings is 2.